The second-order valence-corrected chi connectivity index (χ2v) is 5.30. The van der Waals surface area contributed by atoms with Gasteiger partial charge in [0, 0.05) is 18.7 Å². The maximum Gasteiger partial charge on any atom is 0.224 e. The molecule has 1 aromatic rings. The zero-order valence-corrected chi connectivity index (χ0v) is 10.8. The standard InChI is InChI=1S/C14H16FN3O/c1-14(13(17)19)4-5-18(9-14)8-11-3-2-10(7-16)6-12(11)15/h2-3,6H,4-5,8-9H2,1H3,(H2,17,19). The van der Waals surface area contributed by atoms with Gasteiger partial charge in [0.2, 0.25) is 5.91 Å². The molecule has 1 amide bonds. The van der Waals surface area contributed by atoms with Gasteiger partial charge in [-0.1, -0.05) is 6.07 Å². The number of nitrogens with zero attached hydrogens (tertiary/aromatic N) is 2. The normalized spacial score (nSPS) is 23.2. The lowest BCUT2D eigenvalue weighted by Crippen LogP contribution is -2.37. The van der Waals surface area contributed by atoms with Crippen molar-refractivity contribution >= 4 is 5.91 Å². The first-order valence-electron chi connectivity index (χ1n) is 6.15. The Balaban J connectivity index is 2.08. The number of hydrogen-bond acceptors (Lipinski definition) is 3. The number of hydrogen-bond donors (Lipinski definition) is 1. The van der Waals surface area contributed by atoms with Gasteiger partial charge in [-0.3, -0.25) is 9.69 Å². The summed E-state index contributed by atoms with van der Waals surface area (Å²) in [6.45, 7) is 3.53. The van der Waals surface area contributed by atoms with Crippen molar-refractivity contribution in [1.82, 2.24) is 4.90 Å². The van der Waals surface area contributed by atoms with E-state index in [0.717, 1.165) is 6.54 Å². The molecule has 1 aromatic carbocycles. The van der Waals surface area contributed by atoms with Crippen molar-refractivity contribution in [2.24, 2.45) is 11.1 Å². The fraction of sp³-hybridized carbons (Fsp3) is 0.429. The summed E-state index contributed by atoms with van der Waals surface area (Å²) >= 11 is 0. The van der Waals surface area contributed by atoms with Crippen molar-refractivity contribution in [2.45, 2.75) is 19.9 Å². The lowest BCUT2D eigenvalue weighted by molar-refractivity contribution is -0.126. The number of nitrogens with two attached hydrogens (primary N) is 1. The molecule has 1 unspecified atom stereocenters. The van der Waals surface area contributed by atoms with Crippen LogP contribution in [0.25, 0.3) is 0 Å². The van der Waals surface area contributed by atoms with Crippen LogP contribution < -0.4 is 5.73 Å². The van der Waals surface area contributed by atoms with Crippen LogP contribution in [-0.4, -0.2) is 23.9 Å². The molecule has 2 rings (SSSR count). The molecule has 1 fully saturated rings. The zero-order chi connectivity index (χ0) is 14.0. The molecule has 0 radical (unpaired) electrons. The van der Waals surface area contributed by atoms with Crippen LogP contribution in [0.1, 0.15) is 24.5 Å². The van der Waals surface area contributed by atoms with Gasteiger partial charge >= 0.3 is 0 Å². The van der Waals surface area contributed by atoms with E-state index < -0.39 is 5.41 Å². The minimum absolute atomic E-state index is 0.310. The number of rotatable bonds is 3. The van der Waals surface area contributed by atoms with Crippen LogP contribution in [0, 0.1) is 22.6 Å². The second-order valence-electron chi connectivity index (χ2n) is 5.30. The first-order valence-corrected chi connectivity index (χ1v) is 6.15. The van der Waals surface area contributed by atoms with Crippen LogP contribution in [0.2, 0.25) is 0 Å². The maximum absolute atomic E-state index is 13.8. The van der Waals surface area contributed by atoms with Gasteiger partial charge < -0.3 is 5.73 Å². The molecule has 4 nitrogen and oxygen atoms in total. The second kappa shape index (κ2) is 4.98. The Labute approximate surface area is 111 Å². The van der Waals surface area contributed by atoms with E-state index in [0.29, 0.717) is 30.6 Å². The molecule has 0 bridgehead atoms. The van der Waals surface area contributed by atoms with Gasteiger partial charge in [0.25, 0.3) is 0 Å². The molecule has 100 valence electrons. The van der Waals surface area contributed by atoms with Gasteiger partial charge in [0.1, 0.15) is 5.82 Å². The van der Waals surface area contributed by atoms with Gasteiger partial charge in [-0.2, -0.15) is 5.26 Å². The van der Waals surface area contributed by atoms with Gasteiger partial charge in [0.05, 0.1) is 17.0 Å². The summed E-state index contributed by atoms with van der Waals surface area (Å²) in [5, 5.41) is 8.69. The zero-order valence-electron chi connectivity index (χ0n) is 10.8. The van der Waals surface area contributed by atoms with Crippen molar-refractivity contribution < 1.29 is 9.18 Å². The SMILES string of the molecule is CC1(C(N)=O)CCN(Cc2ccc(C#N)cc2F)C1. The Kier molecular flexibility index (Phi) is 3.54. The van der Waals surface area contributed by atoms with E-state index in [1.807, 2.05) is 17.9 Å². The van der Waals surface area contributed by atoms with Crippen LogP contribution in [0.3, 0.4) is 0 Å². The van der Waals surface area contributed by atoms with Crippen molar-refractivity contribution in [1.29, 1.82) is 5.26 Å². The molecule has 1 atom stereocenters. The van der Waals surface area contributed by atoms with E-state index in [9.17, 15) is 9.18 Å². The topological polar surface area (TPSA) is 70.1 Å². The third-order valence-corrected chi connectivity index (χ3v) is 3.72. The monoisotopic (exact) mass is 261 g/mol. The van der Waals surface area contributed by atoms with E-state index >= 15 is 0 Å². The van der Waals surface area contributed by atoms with Crippen LogP contribution in [0.5, 0.6) is 0 Å². The Morgan fingerprint density at radius 1 is 1.63 bits per heavy atom. The number of benzene rings is 1. The first-order chi connectivity index (χ1) is 8.94. The van der Waals surface area contributed by atoms with Crippen LogP contribution in [0.15, 0.2) is 18.2 Å². The van der Waals surface area contributed by atoms with E-state index in [1.54, 1.807) is 12.1 Å². The molecule has 1 aliphatic heterocycles. The lowest BCUT2D eigenvalue weighted by atomic mass is 9.89. The van der Waals surface area contributed by atoms with Crippen LogP contribution in [-0.2, 0) is 11.3 Å². The molecule has 0 spiro atoms. The molecule has 1 aliphatic rings. The van der Waals surface area contributed by atoms with E-state index in [4.69, 9.17) is 11.0 Å². The molecule has 2 N–H and O–H groups in total. The van der Waals surface area contributed by atoms with E-state index in [2.05, 4.69) is 0 Å². The number of likely N-dealkylation sites (tertiary alicyclic amines) is 1. The smallest absolute Gasteiger partial charge is 0.224 e. The van der Waals surface area contributed by atoms with Crippen LogP contribution >= 0.6 is 0 Å². The van der Waals surface area contributed by atoms with Crippen molar-refractivity contribution in [3.8, 4) is 6.07 Å². The summed E-state index contributed by atoms with van der Waals surface area (Å²) in [6.07, 6.45) is 0.695. The Morgan fingerprint density at radius 3 is 2.89 bits per heavy atom. The highest BCUT2D eigenvalue weighted by atomic mass is 19.1. The molecular weight excluding hydrogens is 245 g/mol. The van der Waals surface area contributed by atoms with Crippen molar-refractivity contribution in [3.05, 3.63) is 35.1 Å². The number of halogens is 1. The van der Waals surface area contributed by atoms with Gasteiger partial charge in [0.15, 0.2) is 0 Å². The minimum Gasteiger partial charge on any atom is -0.369 e. The van der Waals surface area contributed by atoms with Gasteiger partial charge in [-0.15, -0.1) is 0 Å². The first kappa shape index (κ1) is 13.5. The summed E-state index contributed by atoms with van der Waals surface area (Å²) in [7, 11) is 0. The molecule has 0 aliphatic carbocycles. The summed E-state index contributed by atoms with van der Waals surface area (Å²) in [5.74, 6) is -0.693. The molecule has 1 heterocycles. The van der Waals surface area contributed by atoms with Gasteiger partial charge in [-0.25, -0.2) is 4.39 Å². The maximum atomic E-state index is 13.8. The van der Waals surface area contributed by atoms with Crippen LogP contribution in [0.4, 0.5) is 4.39 Å². The lowest BCUT2D eigenvalue weighted by Gasteiger charge is -2.21. The third-order valence-electron chi connectivity index (χ3n) is 3.72. The Hall–Kier alpha value is -1.93. The highest BCUT2D eigenvalue weighted by Gasteiger charge is 2.38. The predicted octanol–water partition coefficient (Wildman–Crippen LogP) is 1.39. The quantitative estimate of drug-likeness (QED) is 0.894. The molecule has 0 aromatic heterocycles. The number of carbonyl (C=O) groups excluding carboxylic acids is 1. The number of nitriles is 1. The molecular formula is C14H16FN3O. The number of amides is 1. The van der Waals surface area contributed by atoms with Gasteiger partial charge in [-0.05, 0) is 32.0 Å². The Bertz CT molecular complexity index is 552. The van der Waals surface area contributed by atoms with Crippen molar-refractivity contribution in [2.75, 3.05) is 13.1 Å². The molecule has 1 saturated heterocycles. The third kappa shape index (κ3) is 2.74. The Morgan fingerprint density at radius 2 is 2.37 bits per heavy atom. The average molecular weight is 261 g/mol. The fourth-order valence-electron chi connectivity index (χ4n) is 2.38. The number of primary amides is 1. The number of carbonyl (C=O) groups is 1. The summed E-state index contributed by atoms with van der Waals surface area (Å²) in [4.78, 5) is 13.4. The summed E-state index contributed by atoms with van der Waals surface area (Å²) in [5.41, 5.74) is 5.70. The minimum atomic E-state index is -0.525. The van der Waals surface area contributed by atoms with Crippen molar-refractivity contribution in [3.63, 3.8) is 0 Å². The summed E-state index contributed by atoms with van der Waals surface area (Å²) < 4.78 is 13.8. The molecule has 5 heteroatoms. The fourth-order valence-corrected chi connectivity index (χ4v) is 2.38. The molecule has 19 heavy (non-hydrogen) atoms. The highest BCUT2D eigenvalue weighted by molar-refractivity contribution is 5.81. The average Bonchev–Trinajstić information content (AvgIpc) is 2.75. The van der Waals surface area contributed by atoms with E-state index in [-0.39, 0.29) is 11.7 Å². The summed E-state index contributed by atoms with van der Waals surface area (Å²) in [6, 6.07) is 6.35. The predicted molar refractivity (Wildman–Crippen MR) is 68.3 cm³/mol. The van der Waals surface area contributed by atoms with E-state index in [1.165, 1.54) is 6.07 Å². The highest BCUT2D eigenvalue weighted by Crippen LogP contribution is 2.30. The molecule has 0 saturated carbocycles. The largest absolute Gasteiger partial charge is 0.369 e.